The first-order valence-electron chi connectivity index (χ1n) is 9.29. The van der Waals surface area contributed by atoms with E-state index < -0.39 is 0 Å². The number of hydrogen-bond donors (Lipinski definition) is 2. The first kappa shape index (κ1) is 20.3. The minimum Gasteiger partial charge on any atom is -0.497 e. The highest BCUT2D eigenvalue weighted by atomic mass is 19.1. The van der Waals surface area contributed by atoms with Crippen molar-refractivity contribution in [2.45, 2.75) is 19.9 Å². The first-order valence-corrected chi connectivity index (χ1v) is 9.29. The fraction of sp³-hybridized carbons (Fsp3) is 0.227. The quantitative estimate of drug-likeness (QED) is 0.611. The number of nitrogens with one attached hydrogen (secondary N) is 2. The van der Waals surface area contributed by atoms with Crippen LogP contribution in [0.5, 0.6) is 5.75 Å². The molecule has 0 aliphatic rings. The number of ether oxygens (including phenoxy) is 1. The number of hydrogen-bond acceptors (Lipinski definition) is 5. The third kappa shape index (κ3) is 5.75. The zero-order valence-electron chi connectivity index (χ0n) is 16.4. The summed E-state index contributed by atoms with van der Waals surface area (Å²) in [6.07, 6.45) is 0.489. The minimum absolute atomic E-state index is 0.238. The molecule has 2 N–H and O–H groups in total. The van der Waals surface area contributed by atoms with Gasteiger partial charge in [-0.3, -0.25) is 4.79 Å². The van der Waals surface area contributed by atoms with E-state index in [0.29, 0.717) is 36.7 Å². The molecule has 0 saturated carbocycles. The van der Waals surface area contributed by atoms with Crippen molar-refractivity contribution in [1.82, 2.24) is 15.3 Å². The molecule has 3 aromatic rings. The molecule has 150 valence electrons. The van der Waals surface area contributed by atoms with E-state index in [2.05, 4.69) is 20.6 Å². The summed E-state index contributed by atoms with van der Waals surface area (Å²) in [7, 11) is 1.61. The Morgan fingerprint density at radius 3 is 2.59 bits per heavy atom. The second kappa shape index (κ2) is 9.64. The Balaban J connectivity index is 1.58. The van der Waals surface area contributed by atoms with Crippen LogP contribution in [-0.4, -0.2) is 29.5 Å². The molecule has 0 aliphatic carbocycles. The second-order valence-corrected chi connectivity index (χ2v) is 6.52. The second-order valence-electron chi connectivity index (χ2n) is 6.52. The SMILES string of the molecule is COc1ccc(CNC(=O)c2cc(C)nc(NCCc3ccccc3F)n2)cc1. The Morgan fingerprint density at radius 1 is 1.10 bits per heavy atom. The van der Waals surface area contributed by atoms with Crippen LogP contribution >= 0.6 is 0 Å². The number of carbonyl (C=O) groups excluding carboxylic acids is 1. The van der Waals surface area contributed by atoms with Crippen LogP contribution in [0, 0.1) is 12.7 Å². The predicted octanol–water partition coefficient (Wildman–Crippen LogP) is 3.52. The lowest BCUT2D eigenvalue weighted by Gasteiger charge is -2.10. The van der Waals surface area contributed by atoms with E-state index in [1.807, 2.05) is 24.3 Å². The van der Waals surface area contributed by atoms with Gasteiger partial charge in [-0.15, -0.1) is 0 Å². The fourth-order valence-corrected chi connectivity index (χ4v) is 2.79. The maximum atomic E-state index is 13.7. The maximum absolute atomic E-state index is 13.7. The largest absolute Gasteiger partial charge is 0.497 e. The van der Waals surface area contributed by atoms with E-state index in [4.69, 9.17) is 4.74 Å². The summed E-state index contributed by atoms with van der Waals surface area (Å²) in [6.45, 7) is 2.63. The lowest BCUT2D eigenvalue weighted by Crippen LogP contribution is -2.24. The minimum atomic E-state index is -0.288. The van der Waals surface area contributed by atoms with E-state index in [-0.39, 0.29) is 17.4 Å². The van der Waals surface area contributed by atoms with Crippen molar-refractivity contribution >= 4 is 11.9 Å². The van der Waals surface area contributed by atoms with Gasteiger partial charge in [0.1, 0.15) is 17.3 Å². The van der Waals surface area contributed by atoms with Crippen molar-refractivity contribution in [3.8, 4) is 5.75 Å². The van der Waals surface area contributed by atoms with Crippen molar-refractivity contribution in [2.24, 2.45) is 0 Å². The number of aryl methyl sites for hydroxylation is 1. The van der Waals surface area contributed by atoms with E-state index in [1.165, 1.54) is 6.07 Å². The molecule has 0 aliphatic heterocycles. The van der Waals surface area contributed by atoms with Crippen LogP contribution in [0.4, 0.5) is 10.3 Å². The van der Waals surface area contributed by atoms with Crippen molar-refractivity contribution < 1.29 is 13.9 Å². The lowest BCUT2D eigenvalue weighted by molar-refractivity contribution is 0.0945. The van der Waals surface area contributed by atoms with Gasteiger partial charge < -0.3 is 15.4 Å². The van der Waals surface area contributed by atoms with E-state index >= 15 is 0 Å². The molecule has 1 amide bonds. The molecule has 2 aromatic carbocycles. The molecule has 1 heterocycles. The van der Waals surface area contributed by atoms with Crippen molar-refractivity contribution in [1.29, 1.82) is 0 Å². The third-order valence-corrected chi connectivity index (χ3v) is 4.33. The Bertz CT molecular complexity index is 977. The number of halogens is 1. The normalized spacial score (nSPS) is 10.4. The molecule has 7 heteroatoms. The maximum Gasteiger partial charge on any atom is 0.270 e. The third-order valence-electron chi connectivity index (χ3n) is 4.33. The average Bonchev–Trinajstić information content (AvgIpc) is 2.73. The van der Waals surface area contributed by atoms with Crippen LogP contribution in [0.15, 0.2) is 54.6 Å². The fourth-order valence-electron chi connectivity index (χ4n) is 2.79. The Morgan fingerprint density at radius 2 is 1.86 bits per heavy atom. The van der Waals surface area contributed by atoms with Gasteiger partial charge in [0.2, 0.25) is 5.95 Å². The van der Waals surface area contributed by atoms with Crippen LogP contribution < -0.4 is 15.4 Å². The van der Waals surface area contributed by atoms with Gasteiger partial charge in [-0.25, -0.2) is 14.4 Å². The van der Waals surface area contributed by atoms with Crippen LogP contribution in [0.3, 0.4) is 0 Å². The van der Waals surface area contributed by atoms with E-state index in [1.54, 1.807) is 38.3 Å². The van der Waals surface area contributed by atoms with Gasteiger partial charge in [-0.2, -0.15) is 0 Å². The molecule has 0 atom stereocenters. The molecule has 0 spiro atoms. The highest BCUT2D eigenvalue weighted by Crippen LogP contribution is 2.12. The summed E-state index contributed by atoms with van der Waals surface area (Å²) < 4.78 is 18.8. The number of aromatic nitrogens is 2. The van der Waals surface area contributed by atoms with Gasteiger partial charge in [-0.1, -0.05) is 30.3 Å². The Labute approximate surface area is 169 Å². The van der Waals surface area contributed by atoms with Crippen LogP contribution in [0.2, 0.25) is 0 Å². The molecular weight excluding hydrogens is 371 g/mol. The number of benzene rings is 2. The Hall–Kier alpha value is -3.48. The summed E-state index contributed by atoms with van der Waals surface area (Å²) in [4.78, 5) is 21.1. The first-order chi connectivity index (χ1) is 14.0. The van der Waals surface area contributed by atoms with Crippen molar-refractivity contribution in [2.75, 3.05) is 19.0 Å². The molecule has 0 saturated heterocycles. The number of nitrogens with zero attached hydrogens (tertiary/aromatic N) is 2. The number of carbonyl (C=O) groups is 1. The zero-order valence-corrected chi connectivity index (χ0v) is 16.4. The van der Waals surface area contributed by atoms with Crippen molar-refractivity contribution in [3.63, 3.8) is 0 Å². The van der Waals surface area contributed by atoms with E-state index in [9.17, 15) is 9.18 Å². The number of amides is 1. The van der Waals surface area contributed by atoms with Gasteiger partial charge in [0, 0.05) is 18.8 Å². The molecule has 0 bridgehead atoms. The summed E-state index contributed by atoms with van der Waals surface area (Å²) in [6, 6.07) is 15.7. The van der Waals surface area contributed by atoms with Gasteiger partial charge >= 0.3 is 0 Å². The van der Waals surface area contributed by atoms with Gasteiger partial charge in [0.05, 0.1) is 7.11 Å². The summed E-state index contributed by atoms with van der Waals surface area (Å²) >= 11 is 0. The van der Waals surface area contributed by atoms with Crippen LogP contribution in [-0.2, 0) is 13.0 Å². The lowest BCUT2D eigenvalue weighted by atomic mass is 10.1. The van der Waals surface area contributed by atoms with Gasteiger partial charge in [0.25, 0.3) is 5.91 Å². The topological polar surface area (TPSA) is 76.1 Å². The molecule has 0 radical (unpaired) electrons. The molecule has 6 nitrogen and oxygen atoms in total. The smallest absolute Gasteiger partial charge is 0.270 e. The molecule has 3 rings (SSSR count). The summed E-state index contributed by atoms with van der Waals surface area (Å²) in [5.74, 6) is 0.579. The molecule has 0 fully saturated rings. The van der Waals surface area contributed by atoms with Gasteiger partial charge in [-0.05, 0) is 48.7 Å². The highest BCUT2D eigenvalue weighted by molar-refractivity contribution is 5.92. The molecular formula is C22H23FN4O2. The predicted molar refractivity (Wildman–Crippen MR) is 110 cm³/mol. The summed E-state index contributed by atoms with van der Waals surface area (Å²) in [5.41, 5.74) is 2.51. The molecule has 1 aromatic heterocycles. The highest BCUT2D eigenvalue weighted by Gasteiger charge is 2.11. The summed E-state index contributed by atoms with van der Waals surface area (Å²) in [5, 5.41) is 5.91. The monoisotopic (exact) mass is 394 g/mol. The molecule has 0 unspecified atom stereocenters. The average molecular weight is 394 g/mol. The number of rotatable bonds is 8. The van der Waals surface area contributed by atoms with Crippen LogP contribution in [0.1, 0.15) is 27.3 Å². The number of methoxy groups -OCH3 is 1. The van der Waals surface area contributed by atoms with Gasteiger partial charge in [0.15, 0.2) is 0 Å². The Kier molecular flexibility index (Phi) is 6.73. The zero-order chi connectivity index (χ0) is 20.6. The van der Waals surface area contributed by atoms with Crippen LogP contribution in [0.25, 0.3) is 0 Å². The van der Waals surface area contributed by atoms with Crippen molar-refractivity contribution in [3.05, 3.63) is 82.9 Å². The standard InChI is InChI=1S/C22H23FN4O2/c1-15-13-20(21(28)25-14-16-7-9-18(29-2)10-8-16)27-22(26-15)24-12-11-17-5-3-4-6-19(17)23/h3-10,13H,11-12,14H2,1-2H3,(H,25,28)(H,24,26,27). The number of anilines is 1. The molecule has 29 heavy (non-hydrogen) atoms. The van der Waals surface area contributed by atoms with E-state index in [0.717, 1.165) is 11.3 Å².